The van der Waals surface area contributed by atoms with Crippen molar-refractivity contribution in [1.29, 1.82) is 0 Å². The zero-order valence-electron chi connectivity index (χ0n) is 10.8. The summed E-state index contributed by atoms with van der Waals surface area (Å²) in [6.07, 6.45) is 5.56. The Balaban J connectivity index is 1.72. The summed E-state index contributed by atoms with van der Waals surface area (Å²) in [5, 5.41) is 7.82. The van der Waals surface area contributed by atoms with Crippen LogP contribution < -0.4 is 0 Å². The molecule has 0 N–H and O–H groups in total. The first-order valence-electron chi connectivity index (χ1n) is 6.23. The van der Waals surface area contributed by atoms with E-state index in [2.05, 4.69) is 10.3 Å². The molecule has 2 rings (SSSR count). The van der Waals surface area contributed by atoms with Gasteiger partial charge in [0.05, 0.1) is 31.9 Å². The van der Waals surface area contributed by atoms with Crippen LogP contribution >= 0.6 is 0 Å². The van der Waals surface area contributed by atoms with Crippen molar-refractivity contribution < 1.29 is 14.3 Å². The van der Waals surface area contributed by atoms with E-state index in [1.54, 1.807) is 4.68 Å². The second-order valence-corrected chi connectivity index (χ2v) is 4.69. The molecule has 6 nitrogen and oxygen atoms in total. The SMILES string of the molecule is COC(=O)C1CCC(OCc2cn(C)nn2)CC1. The van der Waals surface area contributed by atoms with Gasteiger partial charge in [-0.2, -0.15) is 0 Å². The lowest BCUT2D eigenvalue weighted by atomic mass is 9.87. The molecule has 1 fully saturated rings. The van der Waals surface area contributed by atoms with Crippen molar-refractivity contribution in [3.63, 3.8) is 0 Å². The number of ether oxygens (including phenoxy) is 2. The van der Waals surface area contributed by atoms with Crippen LogP contribution in [0.15, 0.2) is 6.20 Å². The highest BCUT2D eigenvalue weighted by Crippen LogP contribution is 2.27. The highest BCUT2D eigenvalue weighted by molar-refractivity contribution is 5.72. The van der Waals surface area contributed by atoms with Gasteiger partial charge in [-0.3, -0.25) is 9.48 Å². The monoisotopic (exact) mass is 253 g/mol. The predicted molar refractivity (Wildman–Crippen MR) is 63.6 cm³/mol. The van der Waals surface area contributed by atoms with Crippen molar-refractivity contribution in [1.82, 2.24) is 15.0 Å². The van der Waals surface area contributed by atoms with Gasteiger partial charge < -0.3 is 9.47 Å². The molecule has 0 atom stereocenters. The number of hydrogen-bond acceptors (Lipinski definition) is 5. The third-order valence-electron chi connectivity index (χ3n) is 3.33. The Morgan fingerprint density at radius 3 is 2.72 bits per heavy atom. The van der Waals surface area contributed by atoms with E-state index in [4.69, 9.17) is 9.47 Å². The number of nitrogens with zero attached hydrogens (tertiary/aromatic N) is 3. The second-order valence-electron chi connectivity index (χ2n) is 4.69. The van der Waals surface area contributed by atoms with Gasteiger partial charge in [-0.15, -0.1) is 5.10 Å². The van der Waals surface area contributed by atoms with Crippen LogP contribution in [0.3, 0.4) is 0 Å². The summed E-state index contributed by atoms with van der Waals surface area (Å²) in [4.78, 5) is 11.4. The average molecular weight is 253 g/mol. The number of rotatable bonds is 4. The van der Waals surface area contributed by atoms with Crippen molar-refractivity contribution in [3.8, 4) is 0 Å². The van der Waals surface area contributed by atoms with E-state index in [0.29, 0.717) is 6.61 Å². The number of carbonyl (C=O) groups excluding carboxylic acids is 1. The van der Waals surface area contributed by atoms with Crippen LogP contribution in [-0.2, 0) is 27.9 Å². The van der Waals surface area contributed by atoms with Crippen LogP contribution in [0.2, 0.25) is 0 Å². The summed E-state index contributed by atoms with van der Waals surface area (Å²) >= 11 is 0. The van der Waals surface area contributed by atoms with Gasteiger partial charge in [-0.25, -0.2) is 0 Å². The minimum atomic E-state index is -0.0950. The quantitative estimate of drug-likeness (QED) is 0.751. The molecule has 0 unspecified atom stereocenters. The number of aryl methyl sites for hydroxylation is 1. The van der Waals surface area contributed by atoms with Gasteiger partial charge in [0.25, 0.3) is 0 Å². The van der Waals surface area contributed by atoms with Gasteiger partial charge in [0.15, 0.2) is 0 Å². The Labute approximate surface area is 106 Å². The van der Waals surface area contributed by atoms with Crippen LogP contribution in [0.1, 0.15) is 31.4 Å². The van der Waals surface area contributed by atoms with E-state index in [1.807, 2.05) is 13.2 Å². The maximum absolute atomic E-state index is 11.4. The first-order valence-corrected chi connectivity index (χ1v) is 6.23. The predicted octanol–water partition coefficient (Wildman–Crippen LogP) is 1.06. The molecule has 0 aromatic carbocycles. The molecule has 1 heterocycles. The van der Waals surface area contributed by atoms with Gasteiger partial charge in [-0.05, 0) is 25.7 Å². The highest BCUT2D eigenvalue weighted by atomic mass is 16.5. The number of hydrogen-bond donors (Lipinski definition) is 0. The molecule has 0 saturated heterocycles. The fraction of sp³-hybridized carbons (Fsp3) is 0.750. The van der Waals surface area contributed by atoms with E-state index in [1.165, 1.54) is 7.11 Å². The zero-order valence-corrected chi connectivity index (χ0v) is 10.8. The number of carbonyl (C=O) groups is 1. The van der Waals surface area contributed by atoms with Crippen molar-refractivity contribution >= 4 is 5.97 Å². The van der Waals surface area contributed by atoms with Gasteiger partial charge >= 0.3 is 5.97 Å². The molecule has 0 aliphatic heterocycles. The van der Waals surface area contributed by atoms with Crippen LogP contribution in [0.25, 0.3) is 0 Å². The highest BCUT2D eigenvalue weighted by Gasteiger charge is 2.27. The van der Waals surface area contributed by atoms with E-state index in [9.17, 15) is 4.79 Å². The van der Waals surface area contributed by atoms with Crippen LogP contribution in [0.4, 0.5) is 0 Å². The van der Waals surface area contributed by atoms with Gasteiger partial charge in [0, 0.05) is 7.05 Å². The average Bonchev–Trinajstić information content (AvgIpc) is 2.82. The Bertz CT molecular complexity index is 397. The molecule has 18 heavy (non-hydrogen) atoms. The zero-order chi connectivity index (χ0) is 13.0. The Kier molecular flexibility index (Phi) is 4.30. The van der Waals surface area contributed by atoms with Crippen LogP contribution in [-0.4, -0.2) is 34.2 Å². The third kappa shape index (κ3) is 3.29. The summed E-state index contributed by atoms with van der Waals surface area (Å²) < 4.78 is 12.2. The molecule has 0 amide bonds. The first-order chi connectivity index (χ1) is 8.69. The molecule has 1 saturated carbocycles. The molecule has 1 aromatic heterocycles. The van der Waals surface area contributed by atoms with Gasteiger partial charge in [-0.1, -0.05) is 5.21 Å². The summed E-state index contributed by atoms with van der Waals surface area (Å²) in [7, 11) is 3.27. The van der Waals surface area contributed by atoms with E-state index in [-0.39, 0.29) is 18.0 Å². The number of methoxy groups -OCH3 is 1. The van der Waals surface area contributed by atoms with Crippen molar-refractivity contribution in [2.24, 2.45) is 13.0 Å². The summed E-state index contributed by atoms with van der Waals surface area (Å²) in [5.74, 6) is -0.0475. The molecule has 6 heteroatoms. The number of aromatic nitrogens is 3. The lowest BCUT2D eigenvalue weighted by Crippen LogP contribution is -2.26. The lowest BCUT2D eigenvalue weighted by molar-refractivity contribution is -0.147. The third-order valence-corrected chi connectivity index (χ3v) is 3.33. The van der Waals surface area contributed by atoms with Crippen molar-refractivity contribution in [2.75, 3.05) is 7.11 Å². The van der Waals surface area contributed by atoms with Crippen molar-refractivity contribution in [3.05, 3.63) is 11.9 Å². The van der Waals surface area contributed by atoms with E-state index < -0.39 is 0 Å². The molecule has 0 bridgehead atoms. The summed E-state index contributed by atoms with van der Waals surface area (Å²) in [5.41, 5.74) is 0.840. The minimum absolute atomic E-state index is 0.0476. The van der Waals surface area contributed by atoms with E-state index in [0.717, 1.165) is 31.4 Å². The van der Waals surface area contributed by atoms with Gasteiger partial charge in [0.1, 0.15) is 5.69 Å². The maximum atomic E-state index is 11.4. The molecule has 1 aromatic rings. The summed E-state index contributed by atoms with van der Waals surface area (Å²) in [6, 6.07) is 0. The Morgan fingerprint density at radius 1 is 1.44 bits per heavy atom. The smallest absolute Gasteiger partial charge is 0.308 e. The molecular weight excluding hydrogens is 234 g/mol. The lowest BCUT2D eigenvalue weighted by Gasteiger charge is -2.26. The fourth-order valence-electron chi connectivity index (χ4n) is 2.30. The van der Waals surface area contributed by atoms with Gasteiger partial charge in [0.2, 0.25) is 0 Å². The van der Waals surface area contributed by atoms with Crippen LogP contribution in [0, 0.1) is 5.92 Å². The first kappa shape index (κ1) is 13.0. The molecule has 1 aliphatic rings. The largest absolute Gasteiger partial charge is 0.469 e. The second kappa shape index (κ2) is 5.95. The topological polar surface area (TPSA) is 66.2 Å². The minimum Gasteiger partial charge on any atom is -0.469 e. The molecule has 0 spiro atoms. The maximum Gasteiger partial charge on any atom is 0.308 e. The Morgan fingerprint density at radius 2 is 2.17 bits per heavy atom. The van der Waals surface area contributed by atoms with Crippen LogP contribution in [0.5, 0.6) is 0 Å². The molecule has 0 radical (unpaired) electrons. The molecule has 1 aliphatic carbocycles. The standard InChI is InChI=1S/C12H19N3O3/c1-15-7-10(13-14-15)8-18-11-5-3-9(4-6-11)12(16)17-2/h7,9,11H,3-6,8H2,1-2H3. The van der Waals surface area contributed by atoms with Crippen molar-refractivity contribution in [2.45, 2.75) is 38.4 Å². The normalized spacial score (nSPS) is 23.9. The van der Waals surface area contributed by atoms with E-state index >= 15 is 0 Å². The Hall–Kier alpha value is -1.43. The number of esters is 1. The molecular formula is C12H19N3O3. The summed E-state index contributed by atoms with van der Waals surface area (Å²) in [6.45, 7) is 0.487. The fourth-order valence-corrected chi connectivity index (χ4v) is 2.30. The molecule has 100 valence electrons.